The minimum atomic E-state index is -0.482. The first-order valence-electron chi connectivity index (χ1n) is 8.63. The fourth-order valence-corrected chi connectivity index (χ4v) is 2.39. The van der Waals surface area contributed by atoms with Gasteiger partial charge in [-0.1, -0.05) is 13.3 Å². The van der Waals surface area contributed by atoms with Crippen LogP contribution in [-0.2, 0) is 0 Å². The van der Waals surface area contributed by atoms with E-state index >= 15 is 0 Å². The number of rotatable bonds is 9. The average molecular weight is 370 g/mol. The zero-order chi connectivity index (χ0) is 19.8. The highest BCUT2D eigenvalue weighted by Crippen LogP contribution is 2.20. The van der Waals surface area contributed by atoms with Crippen molar-refractivity contribution < 1.29 is 19.7 Å². The first kappa shape index (κ1) is 20.0. The van der Waals surface area contributed by atoms with E-state index in [4.69, 9.17) is 4.84 Å². The summed E-state index contributed by atoms with van der Waals surface area (Å²) >= 11 is 0. The summed E-state index contributed by atoms with van der Waals surface area (Å²) in [5.41, 5.74) is 4.42. The number of benzene rings is 2. The summed E-state index contributed by atoms with van der Waals surface area (Å²) in [7, 11) is 0. The van der Waals surface area contributed by atoms with Crippen LogP contribution < -0.4 is 10.3 Å². The third kappa shape index (κ3) is 5.57. The van der Waals surface area contributed by atoms with Crippen molar-refractivity contribution in [1.29, 1.82) is 0 Å². The minimum absolute atomic E-state index is 0.0252. The predicted octanol–water partition coefficient (Wildman–Crippen LogP) is 4.53. The van der Waals surface area contributed by atoms with Crippen molar-refractivity contribution >= 4 is 11.5 Å². The van der Waals surface area contributed by atoms with Gasteiger partial charge in [0, 0.05) is 23.3 Å². The number of phenols is 1. The summed E-state index contributed by atoms with van der Waals surface area (Å²) in [5, 5.41) is 20.1. The van der Waals surface area contributed by atoms with Gasteiger partial charge in [0.1, 0.15) is 5.75 Å². The summed E-state index contributed by atoms with van der Waals surface area (Å²) < 4.78 is 0. The van der Waals surface area contributed by atoms with Gasteiger partial charge < -0.3 is 9.94 Å². The molecule has 0 heterocycles. The van der Waals surface area contributed by atoms with E-state index in [1.54, 1.807) is 19.1 Å². The van der Waals surface area contributed by atoms with Crippen LogP contribution in [0.3, 0.4) is 0 Å². The van der Waals surface area contributed by atoms with Gasteiger partial charge in [0.05, 0.1) is 10.6 Å². The van der Waals surface area contributed by atoms with Crippen LogP contribution in [0.1, 0.15) is 43.5 Å². The highest BCUT2D eigenvalue weighted by molar-refractivity contribution is 6.08. The molecule has 0 aliphatic heterocycles. The van der Waals surface area contributed by atoms with Gasteiger partial charge in [-0.25, -0.2) is 5.48 Å². The van der Waals surface area contributed by atoms with Gasteiger partial charge in [-0.05, 0) is 56.2 Å². The van der Waals surface area contributed by atoms with E-state index in [0.29, 0.717) is 29.0 Å². The summed E-state index contributed by atoms with van der Waals surface area (Å²) in [5.74, 6) is 0.333. The molecular formula is C20H22N2O5. The Hall–Kier alpha value is -3.35. The maximum Gasteiger partial charge on any atom is 0.269 e. The Balaban J connectivity index is 2.16. The third-order valence-corrected chi connectivity index (χ3v) is 4.04. The minimum Gasteiger partial charge on any atom is -0.508 e. The molecule has 2 rings (SSSR count). The molecule has 0 spiro atoms. The van der Waals surface area contributed by atoms with Crippen LogP contribution in [-0.4, -0.2) is 15.8 Å². The van der Waals surface area contributed by atoms with Crippen LogP contribution in [0.4, 0.5) is 5.69 Å². The first-order chi connectivity index (χ1) is 12.9. The second-order valence-corrected chi connectivity index (χ2v) is 6.04. The number of carbonyl (C=O) groups is 1. The number of unbranched alkanes of at least 4 members (excludes halogenated alkanes) is 1. The van der Waals surface area contributed by atoms with E-state index in [0.717, 1.165) is 12.8 Å². The molecule has 0 saturated carbocycles. The Kier molecular flexibility index (Phi) is 6.93. The van der Waals surface area contributed by atoms with Gasteiger partial charge in [-0.2, -0.15) is 0 Å². The zero-order valence-electron chi connectivity index (χ0n) is 15.3. The van der Waals surface area contributed by atoms with E-state index in [2.05, 4.69) is 5.48 Å². The summed E-state index contributed by atoms with van der Waals surface area (Å²) in [6.45, 7) is 3.76. The van der Waals surface area contributed by atoms with Crippen molar-refractivity contribution in [3.05, 3.63) is 75.5 Å². The third-order valence-electron chi connectivity index (χ3n) is 4.04. The molecule has 27 heavy (non-hydrogen) atoms. The number of nitrogens with one attached hydrogen (secondary N) is 1. The Morgan fingerprint density at radius 3 is 2.33 bits per heavy atom. The molecule has 0 bridgehead atoms. The van der Waals surface area contributed by atoms with E-state index in [1.807, 2.05) is 6.92 Å². The van der Waals surface area contributed by atoms with Gasteiger partial charge in [0.25, 0.3) is 5.69 Å². The Labute approximate surface area is 157 Å². The smallest absolute Gasteiger partial charge is 0.269 e. The SMILES string of the molecule is CCCCC(NOc1ccc([N+](=O)[O-])cc1)=C(C)C(=O)c1ccc(O)cc1. The quantitative estimate of drug-likeness (QED) is 0.291. The van der Waals surface area contributed by atoms with E-state index < -0.39 is 4.92 Å². The number of nitro groups is 1. The second-order valence-electron chi connectivity index (χ2n) is 6.04. The van der Waals surface area contributed by atoms with Crippen molar-refractivity contribution in [2.75, 3.05) is 0 Å². The summed E-state index contributed by atoms with van der Waals surface area (Å²) in [6.07, 6.45) is 2.44. The number of Topliss-reactive ketones (excluding diaryl/α,β-unsaturated/α-hetero) is 1. The number of carbonyl (C=O) groups excluding carboxylic acids is 1. The standard InChI is InChI=1S/C20H22N2O5/c1-3-4-5-19(14(2)20(24)15-6-10-17(23)11-7-15)21-27-18-12-8-16(9-13-18)22(25)26/h6-13,21,23H,3-5H2,1-2H3. The molecule has 7 nitrogen and oxygen atoms in total. The number of non-ortho nitro benzene ring substituents is 1. The molecule has 2 N–H and O–H groups in total. The van der Waals surface area contributed by atoms with Gasteiger partial charge >= 0.3 is 0 Å². The molecule has 7 heteroatoms. The molecule has 2 aromatic rings. The highest BCUT2D eigenvalue weighted by atomic mass is 16.6. The zero-order valence-corrected chi connectivity index (χ0v) is 15.3. The van der Waals surface area contributed by atoms with Crippen molar-refractivity contribution in [1.82, 2.24) is 5.48 Å². The van der Waals surface area contributed by atoms with E-state index in [1.165, 1.54) is 36.4 Å². The molecule has 0 radical (unpaired) electrons. The van der Waals surface area contributed by atoms with Crippen LogP contribution in [0.5, 0.6) is 11.5 Å². The molecule has 0 aromatic heterocycles. The first-order valence-corrected chi connectivity index (χ1v) is 8.63. The lowest BCUT2D eigenvalue weighted by Crippen LogP contribution is -2.21. The van der Waals surface area contributed by atoms with Gasteiger partial charge in [-0.15, -0.1) is 0 Å². The number of hydroxylamine groups is 1. The van der Waals surface area contributed by atoms with Crippen LogP contribution in [0.2, 0.25) is 0 Å². The molecule has 2 aromatic carbocycles. The highest BCUT2D eigenvalue weighted by Gasteiger charge is 2.14. The van der Waals surface area contributed by atoms with Crippen molar-refractivity contribution in [2.45, 2.75) is 33.1 Å². The number of allylic oxidation sites excluding steroid dienone is 2. The number of phenolic OH excluding ortho intramolecular Hbond substituents is 1. The van der Waals surface area contributed by atoms with Gasteiger partial charge in [-0.3, -0.25) is 14.9 Å². The topological polar surface area (TPSA) is 102 Å². The van der Waals surface area contributed by atoms with Crippen molar-refractivity contribution in [3.8, 4) is 11.5 Å². The second kappa shape index (κ2) is 9.38. The summed E-state index contributed by atoms with van der Waals surface area (Å²) in [4.78, 5) is 28.4. The molecule has 0 atom stereocenters. The van der Waals surface area contributed by atoms with Gasteiger partial charge in [0.15, 0.2) is 11.5 Å². The number of aromatic hydroxyl groups is 1. The Bertz CT molecular complexity index is 826. The lowest BCUT2D eigenvalue weighted by Gasteiger charge is -2.15. The lowest BCUT2D eigenvalue weighted by molar-refractivity contribution is -0.384. The molecular weight excluding hydrogens is 348 g/mol. The number of nitrogens with zero attached hydrogens (tertiary/aromatic N) is 1. The fourth-order valence-electron chi connectivity index (χ4n) is 2.39. The number of hydrogen-bond acceptors (Lipinski definition) is 6. The maximum absolute atomic E-state index is 12.7. The molecule has 0 amide bonds. The largest absolute Gasteiger partial charge is 0.508 e. The van der Waals surface area contributed by atoms with Gasteiger partial charge in [0.2, 0.25) is 0 Å². The van der Waals surface area contributed by atoms with E-state index in [-0.39, 0.29) is 17.2 Å². The molecule has 0 aliphatic rings. The van der Waals surface area contributed by atoms with Crippen LogP contribution >= 0.6 is 0 Å². The number of nitro benzene ring substituents is 1. The lowest BCUT2D eigenvalue weighted by atomic mass is 10.0. The molecule has 142 valence electrons. The number of ketones is 1. The average Bonchev–Trinajstić information content (AvgIpc) is 2.68. The Morgan fingerprint density at radius 2 is 1.78 bits per heavy atom. The molecule has 0 aliphatic carbocycles. The van der Waals surface area contributed by atoms with Crippen LogP contribution in [0.25, 0.3) is 0 Å². The van der Waals surface area contributed by atoms with Crippen molar-refractivity contribution in [3.63, 3.8) is 0 Å². The predicted molar refractivity (Wildman–Crippen MR) is 102 cm³/mol. The molecule has 0 unspecified atom stereocenters. The number of hydrogen-bond donors (Lipinski definition) is 2. The van der Waals surface area contributed by atoms with Crippen molar-refractivity contribution in [2.24, 2.45) is 0 Å². The fraction of sp³-hybridized carbons (Fsp3) is 0.250. The molecule has 0 saturated heterocycles. The normalized spacial score (nSPS) is 11.5. The van der Waals surface area contributed by atoms with E-state index in [9.17, 15) is 20.0 Å². The molecule has 0 fully saturated rings. The van der Waals surface area contributed by atoms with Crippen LogP contribution in [0.15, 0.2) is 59.8 Å². The summed E-state index contributed by atoms with van der Waals surface area (Å²) in [6, 6.07) is 11.7. The van der Waals surface area contributed by atoms with Crippen LogP contribution in [0, 0.1) is 10.1 Å². The maximum atomic E-state index is 12.7. The monoisotopic (exact) mass is 370 g/mol. The Morgan fingerprint density at radius 1 is 1.15 bits per heavy atom.